The molecule has 2 aliphatic heterocycles. The Hall–Kier alpha value is -2.91. The summed E-state index contributed by atoms with van der Waals surface area (Å²) in [4.78, 5) is 24.7. The van der Waals surface area contributed by atoms with Gasteiger partial charge in [-0.1, -0.05) is 6.07 Å². The lowest BCUT2D eigenvalue weighted by Crippen LogP contribution is -2.75. The number of ether oxygens (including phenoxy) is 1. The Kier molecular flexibility index (Phi) is 2.94. The maximum atomic E-state index is 13.4. The van der Waals surface area contributed by atoms with Crippen LogP contribution in [-0.2, 0) is 18.3 Å². The Morgan fingerprint density at radius 2 is 2.19 bits per heavy atom. The van der Waals surface area contributed by atoms with Gasteiger partial charge in [0.25, 0.3) is 11.3 Å². The molecule has 1 spiro atoms. The molecule has 0 unspecified atom stereocenters. The van der Waals surface area contributed by atoms with Crippen LogP contribution in [0.15, 0.2) is 23.3 Å². The van der Waals surface area contributed by atoms with Gasteiger partial charge in [-0.25, -0.2) is 9.97 Å². The Morgan fingerprint density at radius 1 is 1.31 bits per heavy atom. The molecule has 5 aliphatic rings. The zero-order valence-corrected chi connectivity index (χ0v) is 17.4. The van der Waals surface area contributed by atoms with Crippen molar-refractivity contribution in [3.63, 3.8) is 0 Å². The van der Waals surface area contributed by atoms with E-state index in [-0.39, 0.29) is 29.5 Å². The second-order valence-corrected chi connectivity index (χ2v) is 10.2. The largest absolute Gasteiger partial charge is 0.504 e. The number of aliphatic hydroxyl groups is 1. The number of benzene rings is 1. The lowest BCUT2D eigenvalue weighted by molar-refractivity contribution is -0.173. The first kappa shape index (κ1) is 17.6. The van der Waals surface area contributed by atoms with E-state index in [9.17, 15) is 15.0 Å². The topological polar surface area (TPSA) is 116 Å². The van der Waals surface area contributed by atoms with Gasteiger partial charge in [0.15, 0.2) is 17.6 Å². The Morgan fingerprint density at radius 3 is 3.03 bits per heavy atom. The Labute approximate surface area is 182 Å². The molecule has 9 nitrogen and oxygen atoms in total. The Bertz CT molecular complexity index is 1390. The number of H-pyrrole nitrogens is 1. The number of rotatable bonds is 2. The van der Waals surface area contributed by atoms with Crippen LogP contribution in [0.2, 0.25) is 0 Å². The summed E-state index contributed by atoms with van der Waals surface area (Å²) in [5, 5.41) is 26.1. The lowest BCUT2D eigenvalue weighted by atomic mass is 9.49. The third-order valence-electron chi connectivity index (χ3n) is 8.77. The van der Waals surface area contributed by atoms with Crippen LogP contribution in [0.4, 0.5) is 0 Å². The molecule has 2 bridgehead atoms. The first-order chi connectivity index (χ1) is 15.5. The van der Waals surface area contributed by atoms with Gasteiger partial charge in [0.2, 0.25) is 0 Å². The highest BCUT2D eigenvalue weighted by atomic mass is 16.5. The molecule has 1 saturated heterocycles. The minimum absolute atomic E-state index is 0.0767. The number of hydrogen-bond donors (Lipinski definition) is 3. The molecule has 0 amide bonds. The van der Waals surface area contributed by atoms with E-state index in [0.29, 0.717) is 35.8 Å². The van der Waals surface area contributed by atoms with Crippen LogP contribution in [0.1, 0.15) is 47.8 Å². The number of aromatic nitrogens is 4. The molecule has 9 heteroatoms. The first-order valence-electron chi connectivity index (χ1n) is 11.4. The molecule has 0 radical (unpaired) electrons. The summed E-state index contributed by atoms with van der Waals surface area (Å²) in [6.45, 7) is 1.84. The van der Waals surface area contributed by atoms with E-state index in [4.69, 9.17) is 9.72 Å². The molecule has 3 aliphatic carbocycles. The van der Waals surface area contributed by atoms with E-state index in [0.717, 1.165) is 24.2 Å². The van der Waals surface area contributed by atoms with Crippen molar-refractivity contribution >= 4 is 5.78 Å². The molecule has 1 aromatic carbocycles. The number of hydrogen-bond acceptors (Lipinski definition) is 7. The van der Waals surface area contributed by atoms with Gasteiger partial charge in [0, 0.05) is 30.1 Å². The number of phenols is 1. The van der Waals surface area contributed by atoms with Gasteiger partial charge in [-0.15, -0.1) is 0 Å². The van der Waals surface area contributed by atoms with Gasteiger partial charge < -0.3 is 14.9 Å². The number of aromatic hydroxyl groups is 1. The fourth-order valence-corrected chi connectivity index (χ4v) is 7.21. The number of phenolic OH excluding ortho intramolecular Hbond substituents is 1. The molecule has 4 atom stereocenters. The fraction of sp³-hybridized carbons (Fsp3) is 0.522. The SMILES string of the molecule is O=c1c2c(nc3nc[nH]n13)[C@@H]1Oc3c(O)ccc4c3[C@@]13CCN(CC1CC1)[C@@H](C4)[C@]3(O)C2. The van der Waals surface area contributed by atoms with E-state index in [1.807, 2.05) is 6.07 Å². The number of nitrogens with zero attached hydrogens (tertiary/aromatic N) is 4. The maximum absolute atomic E-state index is 13.4. The predicted molar refractivity (Wildman–Crippen MR) is 112 cm³/mol. The van der Waals surface area contributed by atoms with Crippen LogP contribution in [0, 0.1) is 5.92 Å². The molecule has 2 aromatic heterocycles. The van der Waals surface area contributed by atoms with Gasteiger partial charge in [-0.3, -0.25) is 14.8 Å². The van der Waals surface area contributed by atoms with Crippen molar-refractivity contribution in [1.82, 2.24) is 24.5 Å². The second kappa shape index (κ2) is 5.35. The molecular weight excluding hydrogens is 410 g/mol. The molecule has 32 heavy (non-hydrogen) atoms. The smallest absolute Gasteiger partial charge is 0.277 e. The van der Waals surface area contributed by atoms with Gasteiger partial charge in [0.05, 0.1) is 16.7 Å². The summed E-state index contributed by atoms with van der Waals surface area (Å²) in [6, 6.07) is 3.55. The molecule has 4 heterocycles. The molecule has 2 fully saturated rings. The fourth-order valence-electron chi connectivity index (χ4n) is 7.21. The predicted octanol–water partition coefficient (Wildman–Crippen LogP) is 0.822. The lowest BCUT2D eigenvalue weighted by Gasteiger charge is -2.62. The highest BCUT2D eigenvalue weighted by Gasteiger charge is 2.73. The molecular formula is C23H23N5O4. The molecule has 8 rings (SSSR count). The number of fused-ring (bicyclic) bond motifs is 3. The average molecular weight is 433 g/mol. The monoisotopic (exact) mass is 433 g/mol. The summed E-state index contributed by atoms with van der Waals surface area (Å²) in [7, 11) is 0. The van der Waals surface area contributed by atoms with Gasteiger partial charge in [-0.2, -0.15) is 4.52 Å². The van der Waals surface area contributed by atoms with Crippen LogP contribution >= 0.6 is 0 Å². The molecule has 164 valence electrons. The van der Waals surface area contributed by atoms with E-state index in [1.54, 1.807) is 6.07 Å². The van der Waals surface area contributed by atoms with E-state index < -0.39 is 17.1 Å². The summed E-state index contributed by atoms with van der Waals surface area (Å²) in [6.07, 6.45) is 4.91. The van der Waals surface area contributed by atoms with Gasteiger partial charge >= 0.3 is 0 Å². The van der Waals surface area contributed by atoms with Crippen molar-refractivity contribution < 1.29 is 14.9 Å². The number of piperidine rings is 1. The van der Waals surface area contributed by atoms with Crippen molar-refractivity contribution in [3.8, 4) is 11.5 Å². The maximum Gasteiger partial charge on any atom is 0.277 e. The first-order valence-corrected chi connectivity index (χ1v) is 11.4. The third kappa shape index (κ3) is 1.80. The Balaban J connectivity index is 1.44. The average Bonchev–Trinajstić information content (AvgIpc) is 3.32. The highest BCUT2D eigenvalue weighted by molar-refractivity contribution is 5.64. The third-order valence-corrected chi connectivity index (χ3v) is 8.77. The van der Waals surface area contributed by atoms with Crippen molar-refractivity contribution in [2.24, 2.45) is 5.92 Å². The minimum atomic E-state index is -1.18. The van der Waals surface area contributed by atoms with Crippen LogP contribution in [0.3, 0.4) is 0 Å². The minimum Gasteiger partial charge on any atom is -0.504 e. The van der Waals surface area contributed by atoms with E-state index in [2.05, 4.69) is 15.0 Å². The number of likely N-dealkylation sites (tertiary alicyclic amines) is 1. The van der Waals surface area contributed by atoms with Crippen molar-refractivity contribution in [2.75, 3.05) is 13.1 Å². The number of aromatic amines is 1. The summed E-state index contributed by atoms with van der Waals surface area (Å²) >= 11 is 0. The van der Waals surface area contributed by atoms with Crippen molar-refractivity contribution in [3.05, 3.63) is 51.2 Å². The second-order valence-electron chi connectivity index (χ2n) is 10.2. The zero-order valence-electron chi connectivity index (χ0n) is 17.4. The van der Waals surface area contributed by atoms with Crippen molar-refractivity contribution in [1.29, 1.82) is 0 Å². The van der Waals surface area contributed by atoms with Crippen LogP contribution in [0.5, 0.6) is 11.5 Å². The zero-order chi connectivity index (χ0) is 21.4. The van der Waals surface area contributed by atoms with Crippen LogP contribution in [0.25, 0.3) is 5.78 Å². The summed E-state index contributed by atoms with van der Waals surface area (Å²) < 4.78 is 7.76. The van der Waals surface area contributed by atoms with Crippen LogP contribution < -0.4 is 10.3 Å². The summed E-state index contributed by atoms with van der Waals surface area (Å²) in [5.41, 5.74) is 0.901. The van der Waals surface area contributed by atoms with E-state index in [1.165, 1.54) is 23.7 Å². The molecule has 3 N–H and O–H groups in total. The van der Waals surface area contributed by atoms with Crippen LogP contribution in [-0.4, -0.2) is 59.4 Å². The molecule has 3 aromatic rings. The highest BCUT2D eigenvalue weighted by Crippen LogP contribution is 2.68. The van der Waals surface area contributed by atoms with Gasteiger partial charge in [-0.05, 0) is 49.8 Å². The normalized spacial score (nSPS) is 34.3. The number of nitrogens with one attached hydrogen (secondary N) is 1. The van der Waals surface area contributed by atoms with Gasteiger partial charge in [0.1, 0.15) is 6.33 Å². The van der Waals surface area contributed by atoms with Crippen molar-refractivity contribution in [2.45, 2.75) is 55.3 Å². The quantitative estimate of drug-likeness (QED) is 0.548. The summed E-state index contributed by atoms with van der Waals surface area (Å²) in [5.74, 6) is 1.51. The van der Waals surface area contributed by atoms with E-state index >= 15 is 0 Å². The standard InChI is InChI=1S/C23H23N5O4/c29-14-4-3-12-7-15-23(31)8-13-17(26-21-24-10-25-28(21)20(13)30)19-22(23,16(12)18(14)32-19)5-6-27(15)9-11-1-2-11/h3-4,10-11,15,19,29,31H,1-2,5-9H2,(H,24,25,26)/t15-,19-,22-,23+/m0/s1. The molecule has 1 saturated carbocycles.